The standard InChI is InChI=1S/C22H19N3OS/c1-3-25-22(26)19-18(14-27-21(19)15(2)24-25)23-20(16-10-6-4-7-11-16)17-12-8-5-9-13-17/h4-14H,3H2,1-2H3. The van der Waals surface area contributed by atoms with Gasteiger partial charge in [0.2, 0.25) is 0 Å². The Balaban J connectivity index is 1.99. The first kappa shape index (κ1) is 17.4. The van der Waals surface area contributed by atoms with E-state index in [-0.39, 0.29) is 5.56 Å². The first-order valence-electron chi connectivity index (χ1n) is 8.87. The summed E-state index contributed by atoms with van der Waals surface area (Å²) in [6.45, 7) is 4.40. The van der Waals surface area contributed by atoms with Crippen LogP contribution in [-0.2, 0) is 6.54 Å². The fraction of sp³-hybridized carbons (Fsp3) is 0.136. The van der Waals surface area contributed by atoms with Gasteiger partial charge in [0.25, 0.3) is 5.56 Å². The van der Waals surface area contributed by atoms with E-state index >= 15 is 0 Å². The highest BCUT2D eigenvalue weighted by Crippen LogP contribution is 2.32. The predicted molar refractivity (Wildman–Crippen MR) is 112 cm³/mol. The predicted octanol–water partition coefficient (Wildman–Crippen LogP) is 4.96. The molecule has 0 saturated carbocycles. The van der Waals surface area contributed by atoms with E-state index in [1.807, 2.05) is 79.9 Å². The van der Waals surface area contributed by atoms with Gasteiger partial charge in [0.05, 0.1) is 27.2 Å². The van der Waals surface area contributed by atoms with Gasteiger partial charge in [-0.3, -0.25) is 4.79 Å². The molecule has 4 rings (SSSR count). The van der Waals surface area contributed by atoms with Crippen LogP contribution in [0.4, 0.5) is 5.69 Å². The third kappa shape index (κ3) is 3.22. The topological polar surface area (TPSA) is 47.2 Å². The molecule has 0 bridgehead atoms. The Kier molecular flexibility index (Phi) is 4.69. The van der Waals surface area contributed by atoms with Crippen LogP contribution in [0.2, 0.25) is 0 Å². The SMILES string of the molecule is CCn1nc(C)c2scc(N=C(c3ccccc3)c3ccccc3)c2c1=O. The molecule has 0 aliphatic carbocycles. The highest BCUT2D eigenvalue weighted by atomic mass is 32.1. The average molecular weight is 373 g/mol. The maximum absolute atomic E-state index is 12.9. The molecule has 0 amide bonds. The lowest BCUT2D eigenvalue weighted by atomic mass is 10.0. The molecule has 5 heteroatoms. The lowest BCUT2D eigenvalue weighted by Crippen LogP contribution is -2.22. The molecule has 2 heterocycles. The van der Waals surface area contributed by atoms with Gasteiger partial charge in [0.15, 0.2) is 0 Å². The van der Waals surface area contributed by atoms with Crippen molar-refractivity contribution in [2.45, 2.75) is 20.4 Å². The number of aryl methyl sites for hydroxylation is 2. The van der Waals surface area contributed by atoms with Crippen LogP contribution in [0.5, 0.6) is 0 Å². The van der Waals surface area contributed by atoms with E-state index in [1.165, 1.54) is 16.0 Å². The fourth-order valence-corrected chi connectivity index (χ4v) is 4.05. The third-order valence-corrected chi connectivity index (χ3v) is 5.52. The number of hydrogen-bond donors (Lipinski definition) is 0. The van der Waals surface area contributed by atoms with Crippen molar-refractivity contribution in [2.24, 2.45) is 4.99 Å². The van der Waals surface area contributed by atoms with Gasteiger partial charge in [0.1, 0.15) is 0 Å². The van der Waals surface area contributed by atoms with Gasteiger partial charge in [-0.05, 0) is 13.8 Å². The van der Waals surface area contributed by atoms with Crippen LogP contribution >= 0.6 is 11.3 Å². The van der Waals surface area contributed by atoms with E-state index in [4.69, 9.17) is 4.99 Å². The van der Waals surface area contributed by atoms with Gasteiger partial charge in [-0.1, -0.05) is 60.7 Å². The second-order valence-electron chi connectivity index (χ2n) is 6.22. The van der Waals surface area contributed by atoms with Crippen molar-refractivity contribution in [1.29, 1.82) is 0 Å². The number of benzene rings is 2. The molecule has 0 N–H and O–H groups in total. The number of rotatable bonds is 4. The number of nitrogens with zero attached hydrogens (tertiary/aromatic N) is 3. The molecule has 4 aromatic rings. The molecule has 0 aliphatic rings. The highest BCUT2D eigenvalue weighted by molar-refractivity contribution is 7.18. The molecule has 0 atom stereocenters. The van der Waals surface area contributed by atoms with Crippen LogP contribution < -0.4 is 5.56 Å². The molecule has 27 heavy (non-hydrogen) atoms. The van der Waals surface area contributed by atoms with Crippen molar-refractivity contribution in [3.63, 3.8) is 0 Å². The lowest BCUT2D eigenvalue weighted by Gasteiger charge is -2.08. The molecule has 0 fully saturated rings. The number of hydrogen-bond acceptors (Lipinski definition) is 4. The Morgan fingerprint density at radius 1 is 1.04 bits per heavy atom. The Labute approximate surface area is 161 Å². The second kappa shape index (κ2) is 7.29. The summed E-state index contributed by atoms with van der Waals surface area (Å²) < 4.78 is 2.41. The Morgan fingerprint density at radius 2 is 1.63 bits per heavy atom. The molecule has 0 spiro atoms. The van der Waals surface area contributed by atoms with Crippen LogP contribution in [0, 0.1) is 6.92 Å². The largest absolute Gasteiger partial charge is 0.277 e. The van der Waals surface area contributed by atoms with Crippen LogP contribution in [0.1, 0.15) is 23.7 Å². The normalized spacial score (nSPS) is 10.9. The van der Waals surface area contributed by atoms with Gasteiger partial charge >= 0.3 is 0 Å². The molecule has 134 valence electrons. The van der Waals surface area contributed by atoms with Crippen molar-refractivity contribution in [3.8, 4) is 0 Å². The molecule has 4 nitrogen and oxygen atoms in total. The summed E-state index contributed by atoms with van der Waals surface area (Å²) in [6.07, 6.45) is 0. The van der Waals surface area contributed by atoms with Crippen molar-refractivity contribution in [2.75, 3.05) is 0 Å². The summed E-state index contributed by atoms with van der Waals surface area (Å²) in [5.41, 5.74) is 4.37. The van der Waals surface area contributed by atoms with Crippen LogP contribution in [0.25, 0.3) is 10.1 Å². The number of aromatic nitrogens is 2. The summed E-state index contributed by atoms with van der Waals surface area (Å²) in [6, 6.07) is 20.1. The minimum atomic E-state index is -0.0847. The van der Waals surface area contributed by atoms with Crippen LogP contribution in [0.3, 0.4) is 0 Å². The minimum absolute atomic E-state index is 0.0847. The van der Waals surface area contributed by atoms with Crippen LogP contribution in [0.15, 0.2) is 75.8 Å². The Bertz CT molecular complexity index is 1130. The van der Waals surface area contributed by atoms with Crippen molar-refractivity contribution in [1.82, 2.24) is 9.78 Å². The maximum Gasteiger partial charge on any atom is 0.277 e. The Hall–Kier alpha value is -3.05. The summed E-state index contributed by atoms with van der Waals surface area (Å²) in [7, 11) is 0. The Morgan fingerprint density at radius 3 is 2.19 bits per heavy atom. The maximum atomic E-state index is 12.9. The number of aliphatic imine (C=N–C) groups is 1. The zero-order valence-corrected chi connectivity index (χ0v) is 16.0. The summed E-state index contributed by atoms with van der Waals surface area (Å²) in [5.74, 6) is 0. The zero-order chi connectivity index (χ0) is 18.8. The molecule has 0 saturated heterocycles. The number of thiophene rings is 1. The molecular weight excluding hydrogens is 354 g/mol. The molecule has 2 aromatic carbocycles. The van der Waals surface area contributed by atoms with E-state index in [0.29, 0.717) is 17.6 Å². The average Bonchev–Trinajstić information content (AvgIpc) is 3.15. The number of fused-ring (bicyclic) bond motifs is 1. The van der Waals surface area contributed by atoms with E-state index in [9.17, 15) is 4.79 Å². The summed E-state index contributed by atoms with van der Waals surface area (Å²) >= 11 is 1.52. The molecular formula is C22H19N3OS. The van der Waals surface area contributed by atoms with E-state index in [2.05, 4.69) is 5.10 Å². The van der Waals surface area contributed by atoms with Crippen molar-refractivity contribution < 1.29 is 0 Å². The summed E-state index contributed by atoms with van der Waals surface area (Å²) in [5, 5.41) is 7.00. The fourth-order valence-electron chi connectivity index (χ4n) is 3.13. The lowest BCUT2D eigenvalue weighted by molar-refractivity contribution is 0.615. The first-order chi connectivity index (χ1) is 13.2. The van der Waals surface area contributed by atoms with Gasteiger partial charge in [0, 0.05) is 23.1 Å². The molecule has 0 aliphatic heterocycles. The third-order valence-electron chi connectivity index (χ3n) is 4.45. The molecule has 2 aromatic heterocycles. The smallest absolute Gasteiger partial charge is 0.267 e. The second-order valence-corrected chi connectivity index (χ2v) is 7.10. The quantitative estimate of drug-likeness (QED) is 0.475. The molecule has 0 unspecified atom stereocenters. The van der Waals surface area contributed by atoms with E-state index in [0.717, 1.165) is 27.2 Å². The van der Waals surface area contributed by atoms with Gasteiger partial charge in [-0.2, -0.15) is 5.10 Å². The van der Waals surface area contributed by atoms with Crippen molar-refractivity contribution in [3.05, 3.63) is 93.2 Å². The first-order valence-corrected chi connectivity index (χ1v) is 9.75. The van der Waals surface area contributed by atoms with E-state index in [1.54, 1.807) is 0 Å². The zero-order valence-electron chi connectivity index (χ0n) is 15.2. The van der Waals surface area contributed by atoms with Crippen molar-refractivity contribution >= 4 is 32.8 Å². The highest BCUT2D eigenvalue weighted by Gasteiger charge is 2.15. The summed E-state index contributed by atoms with van der Waals surface area (Å²) in [4.78, 5) is 17.8. The minimum Gasteiger partial charge on any atom is -0.267 e. The van der Waals surface area contributed by atoms with Gasteiger partial charge in [-0.15, -0.1) is 11.3 Å². The monoisotopic (exact) mass is 373 g/mol. The van der Waals surface area contributed by atoms with E-state index < -0.39 is 0 Å². The molecule has 0 radical (unpaired) electrons. The van der Waals surface area contributed by atoms with Crippen LogP contribution in [-0.4, -0.2) is 15.5 Å². The van der Waals surface area contributed by atoms with Gasteiger partial charge < -0.3 is 0 Å². The van der Waals surface area contributed by atoms with Gasteiger partial charge in [-0.25, -0.2) is 9.67 Å².